The highest BCUT2D eigenvalue weighted by Gasteiger charge is 2.00. The Morgan fingerprint density at radius 3 is 2.78 bits per heavy atom. The zero-order valence-electron chi connectivity index (χ0n) is 4.35. The summed E-state index contributed by atoms with van der Waals surface area (Å²) in [6.07, 6.45) is 1.27. The molecule has 5 nitrogen and oxygen atoms in total. The lowest BCUT2D eigenvalue weighted by molar-refractivity contribution is 0.0688. The average molecular weight is 125 g/mol. The Labute approximate surface area is 50.3 Å². The fraction of sp³-hybridized carbons (Fsp3) is 0. The van der Waals surface area contributed by atoms with Crippen molar-refractivity contribution < 1.29 is 9.90 Å². The van der Waals surface area contributed by atoms with Gasteiger partial charge in [-0.3, -0.25) is 0 Å². The van der Waals surface area contributed by atoms with Gasteiger partial charge in [-0.2, -0.15) is 0 Å². The molecule has 0 unspecified atom stereocenters. The molecular formula is C4H3N3O2. The minimum Gasteiger partial charge on any atom is -0.476 e. The van der Waals surface area contributed by atoms with Gasteiger partial charge in [-0.15, -0.1) is 10.2 Å². The summed E-state index contributed by atoms with van der Waals surface area (Å²) in [4.78, 5) is 10.1. The standard InChI is InChI=1S/C4H3N3O2/c8-4(9)3-1-2-5-7-6-3/h1-2H,(H,8,9). The summed E-state index contributed by atoms with van der Waals surface area (Å²) < 4.78 is 0. The Balaban J connectivity index is 2.98. The van der Waals surface area contributed by atoms with Gasteiger partial charge in [0.1, 0.15) is 0 Å². The molecule has 1 rings (SSSR count). The molecular weight excluding hydrogens is 122 g/mol. The molecule has 9 heavy (non-hydrogen) atoms. The molecule has 1 N–H and O–H groups in total. The van der Waals surface area contributed by atoms with E-state index in [9.17, 15) is 4.79 Å². The van der Waals surface area contributed by atoms with Crippen LogP contribution >= 0.6 is 0 Å². The molecule has 0 bridgehead atoms. The van der Waals surface area contributed by atoms with Crippen molar-refractivity contribution in [2.24, 2.45) is 0 Å². The molecule has 0 aliphatic rings. The maximum Gasteiger partial charge on any atom is 0.356 e. The van der Waals surface area contributed by atoms with E-state index in [1.165, 1.54) is 12.3 Å². The smallest absolute Gasteiger partial charge is 0.356 e. The van der Waals surface area contributed by atoms with E-state index in [4.69, 9.17) is 5.11 Å². The van der Waals surface area contributed by atoms with E-state index >= 15 is 0 Å². The second-order valence-electron chi connectivity index (χ2n) is 1.31. The highest BCUT2D eigenvalue weighted by atomic mass is 16.4. The third-order valence-corrected chi connectivity index (χ3v) is 0.722. The van der Waals surface area contributed by atoms with Crippen molar-refractivity contribution >= 4 is 5.97 Å². The fourth-order valence-electron chi connectivity index (χ4n) is 0.355. The van der Waals surface area contributed by atoms with Crippen LogP contribution < -0.4 is 0 Å². The Morgan fingerprint density at radius 2 is 2.44 bits per heavy atom. The first kappa shape index (κ1) is 5.61. The first-order valence-electron chi connectivity index (χ1n) is 2.18. The topological polar surface area (TPSA) is 76.0 Å². The third-order valence-electron chi connectivity index (χ3n) is 0.722. The highest BCUT2D eigenvalue weighted by molar-refractivity contribution is 5.84. The van der Waals surface area contributed by atoms with E-state index in [2.05, 4.69) is 15.4 Å². The Hall–Kier alpha value is -1.52. The van der Waals surface area contributed by atoms with E-state index in [0.717, 1.165) is 0 Å². The molecule has 1 aromatic rings. The number of carboxylic acid groups (broad SMARTS) is 1. The average Bonchev–Trinajstić information content (AvgIpc) is 1.90. The largest absolute Gasteiger partial charge is 0.476 e. The molecule has 0 aromatic carbocycles. The van der Waals surface area contributed by atoms with Crippen LogP contribution in [0.1, 0.15) is 10.5 Å². The van der Waals surface area contributed by atoms with E-state index in [0.29, 0.717) is 0 Å². The van der Waals surface area contributed by atoms with Crippen molar-refractivity contribution in [3.8, 4) is 0 Å². The van der Waals surface area contributed by atoms with Gasteiger partial charge in [0, 0.05) is 0 Å². The maximum atomic E-state index is 10.1. The second kappa shape index (κ2) is 2.17. The van der Waals surface area contributed by atoms with Gasteiger partial charge in [-0.25, -0.2) is 4.79 Å². The van der Waals surface area contributed by atoms with Crippen LogP contribution in [0.4, 0.5) is 0 Å². The number of nitrogens with zero attached hydrogens (tertiary/aromatic N) is 3. The van der Waals surface area contributed by atoms with Crippen LogP contribution in [0.2, 0.25) is 0 Å². The number of carbonyl (C=O) groups is 1. The van der Waals surface area contributed by atoms with Gasteiger partial charge < -0.3 is 5.11 Å². The molecule has 1 aromatic heterocycles. The number of aromatic nitrogens is 3. The monoisotopic (exact) mass is 125 g/mol. The van der Waals surface area contributed by atoms with E-state index in [1.807, 2.05) is 0 Å². The first-order chi connectivity index (χ1) is 4.30. The van der Waals surface area contributed by atoms with Gasteiger partial charge in [-0.05, 0) is 11.3 Å². The predicted molar refractivity (Wildman–Crippen MR) is 26.8 cm³/mol. The number of carboxylic acids is 1. The molecule has 0 aliphatic carbocycles. The normalized spacial score (nSPS) is 8.89. The predicted octanol–water partition coefficient (Wildman–Crippen LogP) is -0.430. The molecule has 0 spiro atoms. The molecule has 0 amide bonds. The molecule has 0 saturated heterocycles. The number of rotatable bonds is 1. The highest BCUT2D eigenvalue weighted by Crippen LogP contribution is 1.85. The van der Waals surface area contributed by atoms with Gasteiger partial charge in [0.15, 0.2) is 5.69 Å². The van der Waals surface area contributed by atoms with Crippen LogP contribution in [-0.2, 0) is 0 Å². The summed E-state index contributed by atoms with van der Waals surface area (Å²) in [7, 11) is 0. The molecule has 46 valence electrons. The fourth-order valence-corrected chi connectivity index (χ4v) is 0.355. The van der Waals surface area contributed by atoms with Crippen molar-refractivity contribution in [2.75, 3.05) is 0 Å². The first-order valence-corrected chi connectivity index (χ1v) is 2.18. The summed E-state index contributed by atoms with van der Waals surface area (Å²) in [5, 5.41) is 17.9. The van der Waals surface area contributed by atoms with Crippen LogP contribution in [0.25, 0.3) is 0 Å². The minimum atomic E-state index is -1.09. The van der Waals surface area contributed by atoms with Crippen molar-refractivity contribution in [3.05, 3.63) is 18.0 Å². The third kappa shape index (κ3) is 1.18. The lowest BCUT2D eigenvalue weighted by atomic mass is 10.4. The van der Waals surface area contributed by atoms with E-state index in [-0.39, 0.29) is 5.69 Å². The van der Waals surface area contributed by atoms with Crippen LogP contribution in [-0.4, -0.2) is 26.5 Å². The number of hydrogen-bond acceptors (Lipinski definition) is 4. The van der Waals surface area contributed by atoms with E-state index in [1.54, 1.807) is 0 Å². The molecule has 0 saturated carbocycles. The minimum absolute atomic E-state index is 0.0926. The summed E-state index contributed by atoms with van der Waals surface area (Å²) in [5.74, 6) is -1.09. The lowest BCUT2D eigenvalue weighted by Gasteiger charge is -1.84. The van der Waals surface area contributed by atoms with Gasteiger partial charge >= 0.3 is 5.97 Å². The number of hydrogen-bond donors (Lipinski definition) is 1. The van der Waals surface area contributed by atoms with Crippen LogP contribution in [0, 0.1) is 0 Å². The summed E-state index contributed by atoms with van der Waals surface area (Å²) in [6.45, 7) is 0. The van der Waals surface area contributed by atoms with Crippen molar-refractivity contribution in [3.63, 3.8) is 0 Å². The van der Waals surface area contributed by atoms with Crippen molar-refractivity contribution in [1.82, 2.24) is 15.4 Å². The van der Waals surface area contributed by atoms with Crippen LogP contribution in [0.5, 0.6) is 0 Å². The van der Waals surface area contributed by atoms with Gasteiger partial charge in [-0.1, -0.05) is 0 Å². The molecule has 0 aliphatic heterocycles. The van der Waals surface area contributed by atoms with Crippen LogP contribution in [0.15, 0.2) is 12.3 Å². The van der Waals surface area contributed by atoms with Crippen LogP contribution in [0.3, 0.4) is 0 Å². The number of aromatic carboxylic acids is 1. The van der Waals surface area contributed by atoms with Gasteiger partial charge in [0.25, 0.3) is 0 Å². The summed E-state index contributed by atoms with van der Waals surface area (Å²) in [6, 6.07) is 1.27. The Bertz CT molecular complexity index is 210. The SMILES string of the molecule is O=C(O)c1ccnnn1. The molecule has 0 radical (unpaired) electrons. The zero-order valence-corrected chi connectivity index (χ0v) is 4.35. The molecule has 0 fully saturated rings. The zero-order chi connectivity index (χ0) is 6.69. The van der Waals surface area contributed by atoms with Crippen molar-refractivity contribution in [2.45, 2.75) is 0 Å². The van der Waals surface area contributed by atoms with Crippen molar-refractivity contribution in [1.29, 1.82) is 0 Å². The van der Waals surface area contributed by atoms with Gasteiger partial charge in [0.2, 0.25) is 0 Å². The van der Waals surface area contributed by atoms with E-state index < -0.39 is 5.97 Å². The second-order valence-corrected chi connectivity index (χ2v) is 1.31. The molecule has 1 heterocycles. The Morgan fingerprint density at radius 1 is 1.67 bits per heavy atom. The summed E-state index contributed by atoms with van der Waals surface area (Å²) >= 11 is 0. The maximum absolute atomic E-state index is 10.1. The summed E-state index contributed by atoms with van der Waals surface area (Å²) in [5.41, 5.74) is -0.0926. The van der Waals surface area contributed by atoms with Gasteiger partial charge in [0.05, 0.1) is 6.20 Å². The molecule has 0 atom stereocenters. The Kier molecular flexibility index (Phi) is 1.35. The molecule has 5 heteroatoms. The quantitative estimate of drug-likeness (QED) is 0.551. The lowest BCUT2D eigenvalue weighted by Crippen LogP contribution is -2.01.